The molecule has 0 radical (unpaired) electrons. The van der Waals surface area contributed by atoms with E-state index in [2.05, 4.69) is 0 Å². The molecule has 0 bridgehead atoms. The molecule has 0 aliphatic carbocycles. The Morgan fingerprint density at radius 2 is 1.71 bits per heavy atom. The summed E-state index contributed by atoms with van der Waals surface area (Å²) in [4.78, 5) is 11.5. The maximum Gasteiger partial charge on any atom is 0.335 e. The summed E-state index contributed by atoms with van der Waals surface area (Å²) in [5.41, 5.74) is 2.13. The van der Waals surface area contributed by atoms with E-state index in [4.69, 9.17) is 28.4 Å². The first-order valence-electron chi connectivity index (χ1n) is 12.1. The minimum Gasteiger partial charge on any atom is -0.493 e. The predicted molar refractivity (Wildman–Crippen MR) is 128 cm³/mol. The van der Waals surface area contributed by atoms with Gasteiger partial charge in [-0.05, 0) is 23.6 Å². The Labute approximate surface area is 217 Å². The SMILES string of the molecule is COc1ccc2c(c1OC)OC1c3c(cc(OC4OC(C(=O)O)C(O)C(O)C4O)cc3C(C)C)OC(O)C21. The molecule has 5 rings (SSSR count). The number of benzene rings is 2. The molecule has 5 N–H and O–H groups in total. The van der Waals surface area contributed by atoms with Gasteiger partial charge in [-0.15, -0.1) is 0 Å². The average Bonchev–Trinajstić information content (AvgIpc) is 3.27. The van der Waals surface area contributed by atoms with Gasteiger partial charge in [-0.3, -0.25) is 0 Å². The lowest BCUT2D eigenvalue weighted by Gasteiger charge is -2.39. The summed E-state index contributed by atoms with van der Waals surface area (Å²) in [5, 5.41) is 50.8. The highest BCUT2D eigenvalue weighted by Crippen LogP contribution is 2.59. The number of rotatable bonds is 6. The number of carbonyl (C=O) groups is 1. The molecule has 12 heteroatoms. The normalized spacial score (nSPS) is 31.4. The highest BCUT2D eigenvalue weighted by molar-refractivity contribution is 5.73. The molecule has 0 saturated carbocycles. The fraction of sp³-hybridized carbons (Fsp3) is 0.500. The molecule has 2 aromatic rings. The number of aliphatic hydroxyl groups excluding tert-OH is 4. The van der Waals surface area contributed by atoms with E-state index in [0.29, 0.717) is 28.4 Å². The number of methoxy groups -OCH3 is 2. The van der Waals surface area contributed by atoms with Crippen LogP contribution in [0, 0.1) is 0 Å². The molecule has 3 heterocycles. The number of aliphatic hydroxyl groups is 4. The third-order valence-corrected chi connectivity index (χ3v) is 7.13. The van der Waals surface area contributed by atoms with Crippen LogP contribution in [0.4, 0.5) is 0 Å². The van der Waals surface area contributed by atoms with Gasteiger partial charge in [0.15, 0.2) is 17.6 Å². The van der Waals surface area contributed by atoms with Crippen LogP contribution in [0.15, 0.2) is 24.3 Å². The number of aliphatic carboxylic acids is 1. The first kappa shape index (κ1) is 26.3. The molecule has 3 aliphatic heterocycles. The van der Waals surface area contributed by atoms with Gasteiger partial charge >= 0.3 is 5.97 Å². The largest absolute Gasteiger partial charge is 0.493 e. The summed E-state index contributed by atoms with van der Waals surface area (Å²) in [6.07, 6.45) is -10.7. The van der Waals surface area contributed by atoms with E-state index in [1.165, 1.54) is 20.3 Å². The van der Waals surface area contributed by atoms with Gasteiger partial charge in [0.05, 0.1) is 20.1 Å². The lowest BCUT2D eigenvalue weighted by Crippen LogP contribution is -2.61. The molecule has 0 aromatic heterocycles. The molecule has 0 amide bonds. The van der Waals surface area contributed by atoms with Gasteiger partial charge in [0.25, 0.3) is 0 Å². The van der Waals surface area contributed by atoms with Crippen molar-refractivity contribution in [1.29, 1.82) is 0 Å². The Morgan fingerprint density at radius 3 is 2.34 bits per heavy atom. The van der Waals surface area contributed by atoms with Gasteiger partial charge in [0.2, 0.25) is 18.3 Å². The van der Waals surface area contributed by atoms with Gasteiger partial charge in [0.1, 0.15) is 35.9 Å². The van der Waals surface area contributed by atoms with Crippen molar-refractivity contribution in [2.75, 3.05) is 14.2 Å². The number of hydrogen-bond acceptors (Lipinski definition) is 11. The first-order chi connectivity index (χ1) is 18.1. The van der Waals surface area contributed by atoms with Crippen molar-refractivity contribution in [2.24, 2.45) is 0 Å². The first-order valence-corrected chi connectivity index (χ1v) is 12.1. The van der Waals surface area contributed by atoms with E-state index in [1.807, 2.05) is 13.8 Å². The zero-order valence-electron chi connectivity index (χ0n) is 21.1. The van der Waals surface area contributed by atoms with Gasteiger partial charge in [-0.2, -0.15) is 0 Å². The molecule has 12 nitrogen and oxygen atoms in total. The summed E-state index contributed by atoms with van der Waals surface area (Å²) >= 11 is 0. The van der Waals surface area contributed by atoms with Crippen LogP contribution in [0.5, 0.6) is 28.7 Å². The van der Waals surface area contributed by atoms with Crippen molar-refractivity contribution in [3.63, 3.8) is 0 Å². The second-order valence-corrected chi connectivity index (χ2v) is 9.72. The van der Waals surface area contributed by atoms with E-state index >= 15 is 0 Å². The van der Waals surface area contributed by atoms with Crippen LogP contribution in [0.1, 0.15) is 48.5 Å². The zero-order valence-corrected chi connectivity index (χ0v) is 21.1. The standard InChI is InChI=1S/C26H30O12/c1-9(2)12-7-10(35-26-19(29)17(27)18(28)23(38-26)24(30)31)8-14-15(12)22-16(25(32)36-14)11-5-6-13(33-3)21(34-4)20(11)37-22/h5-9,16-19,22-23,25-29,32H,1-4H3,(H,30,31). The fourth-order valence-corrected chi connectivity index (χ4v) is 5.26. The van der Waals surface area contributed by atoms with Crippen LogP contribution in [0.2, 0.25) is 0 Å². The molecule has 0 spiro atoms. The van der Waals surface area contributed by atoms with Gasteiger partial charge in [0, 0.05) is 17.2 Å². The number of carboxylic acid groups (broad SMARTS) is 1. The second-order valence-electron chi connectivity index (χ2n) is 9.72. The van der Waals surface area contributed by atoms with Gasteiger partial charge in [-0.25, -0.2) is 4.79 Å². The number of hydrogen-bond donors (Lipinski definition) is 5. The Hall–Kier alpha value is -3.29. The molecule has 206 valence electrons. The molecule has 2 aromatic carbocycles. The third-order valence-electron chi connectivity index (χ3n) is 7.13. The van der Waals surface area contributed by atoms with E-state index in [-0.39, 0.29) is 17.4 Å². The number of ether oxygens (including phenoxy) is 6. The third kappa shape index (κ3) is 4.09. The van der Waals surface area contributed by atoms with Crippen molar-refractivity contribution in [2.45, 2.75) is 68.8 Å². The monoisotopic (exact) mass is 534 g/mol. The Morgan fingerprint density at radius 1 is 0.974 bits per heavy atom. The van der Waals surface area contributed by atoms with Crippen molar-refractivity contribution in [3.8, 4) is 28.7 Å². The van der Waals surface area contributed by atoms with Crippen LogP contribution in [-0.2, 0) is 9.53 Å². The van der Waals surface area contributed by atoms with Crippen molar-refractivity contribution < 1.29 is 58.7 Å². The molecular formula is C26H30O12. The minimum absolute atomic E-state index is 0.0769. The molecule has 8 unspecified atom stereocenters. The van der Waals surface area contributed by atoms with E-state index in [1.54, 1.807) is 18.2 Å². The van der Waals surface area contributed by atoms with E-state index in [9.17, 15) is 30.3 Å². The van der Waals surface area contributed by atoms with Crippen molar-refractivity contribution >= 4 is 5.97 Å². The maximum absolute atomic E-state index is 11.5. The average molecular weight is 535 g/mol. The fourth-order valence-electron chi connectivity index (χ4n) is 5.26. The van der Waals surface area contributed by atoms with Crippen LogP contribution in [0.3, 0.4) is 0 Å². The summed E-state index contributed by atoms with van der Waals surface area (Å²) in [6, 6.07) is 6.67. The van der Waals surface area contributed by atoms with Gasteiger partial charge in [-0.1, -0.05) is 19.9 Å². The number of fused-ring (bicyclic) bond motifs is 5. The van der Waals surface area contributed by atoms with Crippen LogP contribution >= 0.6 is 0 Å². The van der Waals surface area contributed by atoms with Gasteiger partial charge < -0.3 is 54.0 Å². The lowest BCUT2D eigenvalue weighted by atomic mass is 9.83. The van der Waals surface area contributed by atoms with Crippen molar-refractivity contribution in [3.05, 3.63) is 41.0 Å². The Bertz CT molecular complexity index is 1230. The zero-order chi connectivity index (χ0) is 27.5. The summed E-state index contributed by atoms with van der Waals surface area (Å²) in [6.45, 7) is 3.88. The summed E-state index contributed by atoms with van der Waals surface area (Å²) in [5.74, 6) is -0.442. The van der Waals surface area contributed by atoms with E-state index < -0.39 is 55.0 Å². The number of carboxylic acids is 1. The minimum atomic E-state index is -1.84. The highest BCUT2D eigenvalue weighted by Gasteiger charge is 2.50. The highest BCUT2D eigenvalue weighted by atomic mass is 16.7. The Kier molecular flexibility index (Phi) is 6.78. The second kappa shape index (κ2) is 9.79. The molecule has 1 saturated heterocycles. The Balaban J connectivity index is 1.52. The lowest BCUT2D eigenvalue weighted by molar-refractivity contribution is -0.271. The van der Waals surface area contributed by atoms with Crippen LogP contribution in [-0.4, -0.2) is 82.7 Å². The molecule has 38 heavy (non-hydrogen) atoms. The summed E-state index contributed by atoms with van der Waals surface area (Å²) in [7, 11) is 3.02. The molecule has 3 aliphatic rings. The maximum atomic E-state index is 11.5. The molecular weight excluding hydrogens is 504 g/mol. The quantitative estimate of drug-likeness (QED) is 0.357. The van der Waals surface area contributed by atoms with Crippen LogP contribution in [0.25, 0.3) is 0 Å². The topological polar surface area (TPSA) is 174 Å². The van der Waals surface area contributed by atoms with Crippen molar-refractivity contribution in [1.82, 2.24) is 0 Å². The molecule has 8 atom stereocenters. The summed E-state index contributed by atoms with van der Waals surface area (Å²) < 4.78 is 34.2. The molecule has 1 fully saturated rings. The van der Waals surface area contributed by atoms with Crippen LogP contribution < -0.4 is 23.7 Å². The smallest absolute Gasteiger partial charge is 0.335 e. The van der Waals surface area contributed by atoms with E-state index in [0.717, 1.165) is 5.56 Å². The predicted octanol–water partition coefficient (Wildman–Crippen LogP) is 1.03.